The highest BCUT2D eigenvalue weighted by Gasteiger charge is 2.39. The highest BCUT2D eigenvalue weighted by molar-refractivity contribution is 6.02. The van der Waals surface area contributed by atoms with Crippen LogP contribution in [0.1, 0.15) is 33.6 Å². The number of esters is 2. The molecule has 7 nitrogen and oxygen atoms in total. The summed E-state index contributed by atoms with van der Waals surface area (Å²) in [6, 6.07) is 0. The van der Waals surface area contributed by atoms with Gasteiger partial charge in [-0.3, -0.25) is 0 Å². The van der Waals surface area contributed by atoms with E-state index in [1.165, 1.54) is 14.2 Å². The van der Waals surface area contributed by atoms with E-state index in [1.807, 2.05) is 6.08 Å². The van der Waals surface area contributed by atoms with Crippen LogP contribution in [-0.4, -0.2) is 55.8 Å². The van der Waals surface area contributed by atoms with Gasteiger partial charge in [0.15, 0.2) is 0 Å². The molecule has 0 spiro atoms. The van der Waals surface area contributed by atoms with E-state index in [0.29, 0.717) is 19.4 Å². The number of nitrogens with zero attached hydrogens (tertiary/aromatic N) is 1. The third kappa shape index (κ3) is 4.21. The lowest BCUT2D eigenvalue weighted by atomic mass is 9.78. The molecule has 0 aromatic heterocycles. The fraction of sp³-hybridized carbons (Fsp3) is 0.611. The fourth-order valence-corrected chi connectivity index (χ4v) is 3.13. The van der Waals surface area contributed by atoms with Gasteiger partial charge >= 0.3 is 18.0 Å². The Labute approximate surface area is 147 Å². The zero-order valence-electron chi connectivity index (χ0n) is 15.4. The molecule has 2 aliphatic rings. The monoisotopic (exact) mass is 351 g/mol. The lowest BCUT2D eigenvalue weighted by Gasteiger charge is -2.38. The maximum atomic E-state index is 12.4. The van der Waals surface area contributed by atoms with Crippen LogP contribution in [0.2, 0.25) is 0 Å². The Hall–Kier alpha value is -2.31. The molecule has 1 fully saturated rings. The molecule has 1 saturated heterocycles. The van der Waals surface area contributed by atoms with Gasteiger partial charge in [-0.1, -0.05) is 11.6 Å². The zero-order chi connectivity index (χ0) is 18.8. The van der Waals surface area contributed by atoms with Gasteiger partial charge in [0.05, 0.1) is 25.4 Å². The number of carbonyl (C=O) groups excluding carboxylic acids is 3. The molecule has 25 heavy (non-hydrogen) atoms. The van der Waals surface area contributed by atoms with Crippen molar-refractivity contribution in [2.75, 3.05) is 27.3 Å². The summed E-state index contributed by atoms with van der Waals surface area (Å²) < 4.78 is 15.1. The van der Waals surface area contributed by atoms with Crippen LogP contribution < -0.4 is 0 Å². The number of allylic oxidation sites excluding steroid dienone is 1. The van der Waals surface area contributed by atoms with E-state index in [0.717, 1.165) is 5.57 Å². The van der Waals surface area contributed by atoms with Crippen molar-refractivity contribution in [3.63, 3.8) is 0 Å². The van der Waals surface area contributed by atoms with Crippen molar-refractivity contribution >= 4 is 18.0 Å². The summed E-state index contributed by atoms with van der Waals surface area (Å²) in [6.45, 7) is 6.19. The molecule has 1 unspecified atom stereocenters. The fourth-order valence-electron chi connectivity index (χ4n) is 3.13. The first kappa shape index (κ1) is 19.0. The molecule has 0 saturated carbocycles. The number of likely N-dealkylation sites (tertiary alicyclic amines) is 1. The van der Waals surface area contributed by atoms with Gasteiger partial charge in [-0.25, -0.2) is 14.4 Å². The van der Waals surface area contributed by atoms with Crippen molar-refractivity contribution in [1.82, 2.24) is 4.90 Å². The van der Waals surface area contributed by atoms with Crippen molar-refractivity contribution < 1.29 is 28.6 Å². The standard InChI is InChI=1S/C18H25NO6/c1-18(2,3)25-17(22)19-9-8-11-6-7-12(15(20)23-4)14(13(11)10-19)16(21)24-5/h6,13H,7-10H2,1-5H3. The molecule has 0 bridgehead atoms. The van der Waals surface area contributed by atoms with E-state index in [9.17, 15) is 14.4 Å². The first-order valence-electron chi connectivity index (χ1n) is 8.24. The first-order chi connectivity index (χ1) is 11.7. The molecule has 138 valence electrons. The van der Waals surface area contributed by atoms with Gasteiger partial charge < -0.3 is 19.1 Å². The number of hydrogen-bond donors (Lipinski definition) is 0. The largest absolute Gasteiger partial charge is 0.466 e. The van der Waals surface area contributed by atoms with Crippen LogP contribution >= 0.6 is 0 Å². The summed E-state index contributed by atoms with van der Waals surface area (Å²) in [5.41, 5.74) is 1.000. The molecule has 1 aliphatic carbocycles. The Balaban J connectivity index is 2.31. The Morgan fingerprint density at radius 2 is 1.76 bits per heavy atom. The highest BCUT2D eigenvalue weighted by atomic mass is 16.6. The van der Waals surface area contributed by atoms with Gasteiger partial charge in [-0.15, -0.1) is 0 Å². The van der Waals surface area contributed by atoms with Gasteiger partial charge in [0.2, 0.25) is 0 Å². The molecule has 0 aromatic rings. The maximum Gasteiger partial charge on any atom is 0.410 e. The SMILES string of the molecule is COC(=O)C1=C(C(=O)OC)C2CN(C(=O)OC(C)(C)C)CCC2=CC1. The molecule has 2 rings (SSSR count). The molecule has 1 aliphatic heterocycles. The second kappa shape index (κ2) is 7.29. The van der Waals surface area contributed by atoms with E-state index in [1.54, 1.807) is 25.7 Å². The van der Waals surface area contributed by atoms with Gasteiger partial charge in [0.1, 0.15) is 5.60 Å². The summed E-state index contributed by atoms with van der Waals surface area (Å²) >= 11 is 0. The number of fused-ring (bicyclic) bond motifs is 1. The van der Waals surface area contributed by atoms with E-state index in [-0.39, 0.29) is 23.6 Å². The Bertz CT molecular complexity index is 640. The quantitative estimate of drug-likeness (QED) is 0.431. The van der Waals surface area contributed by atoms with Crippen LogP contribution in [0.4, 0.5) is 4.79 Å². The van der Waals surface area contributed by atoms with Crippen LogP contribution in [0, 0.1) is 5.92 Å². The Kier molecular flexibility index (Phi) is 5.55. The van der Waals surface area contributed by atoms with Crippen LogP contribution in [0.3, 0.4) is 0 Å². The number of hydrogen-bond acceptors (Lipinski definition) is 6. The topological polar surface area (TPSA) is 82.1 Å². The second-order valence-electron chi connectivity index (χ2n) is 7.09. The van der Waals surface area contributed by atoms with E-state index >= 15 is 0 Å². The lowest BCUT2D eigenvalue weighted by Crippen LogP contribution is -2.45. The smallest absolute Gasteiger partial charge is 0.410 e. The number of rotatable bonds is 2. The van der Waals surface area contributed by atoms with E-state index < -0.39 is 23.6 Å². The molecule has 0 N–H and O–H groups in total. The molecule has 0 radical (unpaired) electrons. The number of methoxy groups -OCH3 is 2. The van der Waals surface area contributed by atoms with Crippen molar-refractivity contribution in [3.05, 3.63) is 22.8 Å². The molecular weight excluding hydrogens is 326 g/mol. The normalized spacial score (nSPS) is 20.4. The maximum absolute atomic E-state index is 12.4. The summed E-state index contributed by atoms with van der Waals surface area (Å²) in [5.74, 6) is -1.50. The molecule has 1 atom stereocenters. The minimum absolute atomic E-state index is 0.270. The molecule has 1 heterocycles. The number of amides is 1. The van der Waals surface area contributed by atoms with Crippen LogP contribution in [0.15, 0.2) is 22.8 Å². The van der Waals surface area contributed by atoms with Gasteiger partial charge in [-0.2, -0.15) is 0 Å². The summed E-state index contributed by atoms with van der Waals surface area (Å²) in [5, 5.41) is 0. The number of carbonyl (C=O) groups is 3. The minimum atomic E-state index is -0.599. The number of piperidine rings is 1. The van der Waals surface area contributed by atoms with E-state index in [2.05, 4.69) is 0 Å². The van der Waals surface area contributed by atoms with Crippen LogP contribution in [0.25, 0.3) is 0 Å². The summed E-state index contributed by atoms with van der Waals surface area (Å²) in [6.07, 6.45) is 2.46. The first-order valence-corrected chi connectivity index (χ1v) is 8.24. The average molecular weight is 351 g/mol. The Morgan fingerprint density at radius 3 is 2.32 bits per heavy atom. The third-order valence-electron chi connectivity index (χ3n) is 4.25. The van der Waals surface area contributed by atoms with Crippen molar-refractivity contribution in [2.24, 2.45) is 5.92 Å². The predicted molar refractivity (Wildman–Crippen MR) is 89.7 cm³/mol. The molecule has 1 amide bonds. The van der Waals surface area contributed by atoms with E-state index in [4.69, 9.17) is 14.2 Å². The summed E-state index contributed by atoms with van der Waals surface area (Å²) in [7, 11) is 2.55. The van der Waals surface area contributed by atoms with Crippen LogP contribution in [-0.2, 0) is 23.8 Å². The highest BCUT2D eigenvalue weighted by Crippen LogP contribution is 2.37. The molecule has 0 aromatic carbocycles. The second-order valence-corrected chi connectivity index (χ2v) is 7.09. The average Bonchev–Trinajstić information content (AvgIpc) is 2.57. The van der Waals surface area contributed by atoms with Crippen LogP contribution in [0.5, 0.6) is 0 Å². The summed E-state index contributed by atoms with van der Waals surface area (Å²) in [4.78, 5) is 38.3. The third-order valence-corrected chi connectivity index (χ3v) is 4.25. The van der Waals surface area contributed by atoms with Gasteiger partial charge in [-0.05, 0) is 33.6 Å². The predicted octanol–water partition coefficient (Wildman–Crippen LogP) is 2.22. The number of ether oxygens (including phenoxy) is 3. The van der Waals surface area contributed by atoms with Gasteiger partial charge in [0, 0.05) is 19.0 Å². The molecular formula is C18H25NO6. The van der Waals surface area contributed by atoms with Crippen molar-refractivity contribution in [2.45, 2.75) is 39.2 Å². The lowest BCUT2D eigenvalue weighted by molar-refractivity contribution is -0.140. The van der Waals surface area contributed by atoms with Crippen molar-refractivity contribution in [1.29, 1.82) is 0 Å². The minimum Gasteiger partial charge on any atom is -0.466 e. The van der Waals surface area contributed by atoms with Gasteiger partial charge in [0.25, 0.3) is 0 Å². The zero-order valence-corrected chi connectivity index (χ0v) is 15.4. The Morgan fingerprint density at radius 1 is 1.12 bits per heavy atom. The molecule has 7 heteroatoms. The van der Waals surface area contributed by atoms with Crippen molar-refractivity contribution in [3.8, 4) is 0 Å².